The van der Waals surface area contributed by atoms with Crippen LogP contribution in [-0.4, -0.2) is 40.5 Å². The van der Waals surface area contributed by atoms with Crippen molar-refractivity contribution >= 4 is 18.9 Å². The van der Waals surface area contributed by atoms with Crippen LogP contribution in [-0.2, 0) is 14.2 Å². The number of benzene rings is 1. The minimum Gasteiger partial charge on any atom is -0.508 e. The Hall–Kier alpha value is -2.12. The van der Waals surface area contributed by atoms with Crippen molar-refractivity contribution in [2.45, 2.75) is 46.1 Å². The normalized spacial score (nSPS) is 29.6. The molecular weight excluding hydrogens is 369 g/mol. The maximum absolute atomic E-state index is 13.2. The maximum atomic E-state index is 13.2. The molecule has 2 fully saturated rings. The predicted octanol–water partition coefficient (Wildman–Crippen LogP) is 2.86. The number of carbonyl (C=O) groups is 2. The van der Waals surface area contributed by atoms with Gasteiger partial charge in [-0.1, -0.05) is 38.5 Å². The number of carbonyl (C=O) groups excluding carboxylic acids is 2. The highest BCUT2D eigenvalue weighted by Crippen LogP contribution is 2.52. The monoisotopic (exact) mass is 397 g/mol. The number of hydrogen-bond acceptors (Lipinski definition) is 5. The van der Waals surface area contributed by atoms with Crippen molar-refractivity contribution in [3.05, 3.63) is 40.9 Å². The summed E-state index contributed by atoms with van der Waals surface area (Å²) in [7, 11) is -1.09. The van der Waals surface area contributed by atoms with Gasteiger partial charge in [-0.2, -0.15) is 0 Å². The van der Waals surface area contributed by atoms with E-state index in [2.05, 4.69) is 13.8 Å². The second-order valence-electron chi connectivity index (χ2n) is 8.71. The summed E-state index contributed by atoms with van der Waals surface area (Å²) in [6.07, 6.45) is 1.40. The van der Waals surface area contributed by atoms with E-state index in [1.54, 1.807) is 24.3 Å². The number of fused-ring (bicyclic) bond motifs is 3. The summed E-state index contributed by atoms with van der Waals surface area (Å²) in [5.41, 5.74) is 2.69. The Kier molecular flexibility index (Phi) is 5.30. The van der Waals surface area contributed by atoms with Gasteiger partial charge in [-0.05, 0) is 54.3 Å². The molecule has 0 spiro atoms. The first-order valence-corrected chi connectivity index (χ1v) is 10.5. The number of phenols is 1. The second kappa shape index (κ2) is 7.61. The molecule has 2 aliphatic heterocycles. The van der Waals surface area contributed by atoms with Crippen LogP contribution in [0.15, 0.2) is 35.3 Å². The van der Waals surface area contributed by atoms with E-state index in [-0.39, 0.29) is 35.3 Å². The third kappa shape index (κ3) is 3.30. The lowest BCUT2D eigenvalue weighted by Gasteiger charge is -2.43. The number of allylic oxidation sites excluding steroid dienone is 2. The zero-order valence-corrected chi connectivity index (χ0v) is 17.2. The molecule has 29 heavy (non-hydrogen) atoms. The molecule has 2 amide bonds. The van der Waals surface area contributed by atoms with Gasteiger partial charge in [0, 0.05) is 6.54 Å². The van der Waals surface area contributed by atoms with Crippen molar-refractivity contribution in [2.75, 3.05) is 6.54 Å². The number of aromatic hydroxyl groups is 1. The zero-order chi connectivity index (χ0) is 20.9. The summed E-state index contributed by atoms with van der Waals surface area (Å²) in [6, 6.07) is 6.73. The smallest absolute Gasteiger partial charge is 0.487 e. The van der Waals surface area contributed by atoms with E-state index in [9.17, 15) is 19.7 Å². The molecule has 1 aromatic rings. The summed E-state index contributed by atoms with van der Waals surface area (Å²) in [4.78, 5) is 27.6. The highest BCUT2D eigenvalue weighted by molar-refractivity contribution is 6.53. The van der Waals surface area contributed by atoms with Crippen LogP contribution in [0.4, 0.5) is 0 Å². The summed E-state index contributed by atoms with van der Waals surface area (Å²) in [5, 5.41) is 20.5. The van der Waals surface area contributed by atoms with Crippen molar-refractivity contribution < 1.29 is 24.4 Å². The third-order valence-electron chi connectivity index (χ3n) is 6.65. The van der Waals surface area contributed by atoms with E-state index in [0.717, 1.165) is 23.0 Å². The van der Waals surface area contributed by atoms with E-state index in [1.807, 2.05) is 6.92 Å². The fourth-order valence-electron chi connectivity index (χ4n) is 5.31. The van der Waals surface area contributed by atoms with Crippen molar-refractivity contribution in [1.29, 1.82) is 0 Å². The molecule has 2 N–H and O–H groups in total. The van der Waals surface area contributed by atoms with Crippen LogP contribution in [0.25, 0.3) is 0 Å². The van der Waals surface area contributed by atoms with Crippen LogP contribution >= 0.6 is 0 Å². The number of phenolic OH excluding ortho intramolecular Hbond substituents is 1. The number of likely N-dealkylation sites (tertiary alicyclic amines) is 1. The molecule has 2 heterocycles. The first-order chi connectivity index (χ1) is 13.8. The maximum Gasteiger partial charge on any atom is 0.487 e. The Morgan fingerprint density at radius 2 is 1.86 bits per heavy atom. The molecular formula is C22H28BNO5. The van der Waals surface area contributed by atoms with Crippen molar-refractivity contribution in [1.82, 2.24) is 4.90 Å². The Labute approximate surface area is 171 Å². The van der Waals surface area contributed by atoms with Crippen LogP contribution in [0.5, 0.6) is 5.75 Å². The lowest BCUT2D eigenvalue weighted by molar-refractivity contribution is -0.140. The zero-order valence-electron chi connectivity index (χ0n) is 17.2. The second-order valence-corrected chi connectivity index (χ2v) is 8.71. The fourth-order valence-corrected chi connectivity index (χ4v) is 5.31. The van der Waals surface area contributed by atoms with Crippen LogP contribution in [0, 0.1) is 23.7 Å². The van der Waals surface area contributed by atoms with Gasteiger partial charge in [0.15, 0.2) is 0 Å². The molecule has 2 saturated heterocycles. The molecule has 4 rings (SSSR count). The molecule has 0 bridgehead atoms. The van der Waals surface area contributed by atoms with Crippen LogP contribution in [0.3, 0.4) is 0 Å². The van der Waals surface area contributed by atoms with Gasteiger partial charge in [-0.25, -0.2) is 0 Å². The molecule has 0 radical (unpaired) electrons. The Morgan fingerprint density at radius 1 is 1.17 bits per heavy atom. The van der Waals surface area contributed by atoms with Crippen molar-refractivity contribution in [2.24, 2.45) is 23.7 Å². The first-order valence-electron chi connectivity index (χ1n) is 10.5. The minimum absolute atomic E-state index is 0.0683. The van der Waals surface area contributed by atoms with Crippen molar-refractivity contribution in [3.63, 3.8) is 0 Å². The highest BCUT2D eigenvalue weighted by atomic mass is 16.5. The van der Waals surface area contributed by atoms with Gasteiger partial charge in [-0.3, -0.25) is 14.5 Å². The molecule has 0 aromatic heterocycles. The van der Waals surface area contributed by atoms with E-state index in [0.29, 0.717) is 19.4 Å². The van der Waals surface area contributed by atoms with Gasteiger partial charge in [-0.15, -0.1) is 0 Å². The Bertz CT molecular complexity index is 849. The number of imide groups is 1. The molecule has 0 unspecified atom stereocenters. The summed E-state index contributed by atoms with van der Waals surface area (Å²) in [6.45, 7) is 6.53. The van der Waals surface area contributed by atoms with Gasteiger partial charge in [0.25, 0.3) is 0 Å². The molecule has 6 nitrogen and oxygen atoms in total. The summed E-state index contributed by atoms with van der Waals surface area (Å²) >= 11 is 0. The molecule has 4 atom stereocenters. The summed E-state index contributed by atoms with van der Waals surface area (Å²) in [5.74, 6) is -0.827. The molecule has 0 saturated carbocycles. The quantitative estimate of drug-likeness (QED) is 0.603. The number of nitrogens with zero attached hydrogens (tertiary/aromatic N) is 1. The molecule has 3 aliphatic rings. The average molecular weight is 397 g/mol. The third-order valence-corrected chi connectivity index (χ3v) is 6.65. The Balaban J connectivity index is 1.74. The van der Waals surface area contributed by atoms with Crippen molar-refractivity contribution in [3.8, 4) is 5.75 Å². The topological polar surface area (TPSA) is 87.1 Å². The van der Waals surface area contributed by atoms with E-state index in [1.165, 1.54) is 4.90 Å². The minimum atomic E-state index is -1.09. The van der Waals surface area contributed by atoms with Gasteiger partial charge in [0.1, 0.15) is 5.75 Å². The molecule has 7 heteroatoms. The number of amides is 2. The van der Waals surface area contributed by atoms with Gasteiger partial charge >= 0.3 is 7.12 Å². The van der Waals surface area contributed by atoms with Crippen LogP contribution in [0.1, 0.15) is 51.7 Å². The van der Waals surface area contributed by atoms with E-state index in [4.69, 9.17) is 4.65 Å². The molecule has 154 valence electrons. The molecule has 1 aliphatic carbocycles. The number of hydrogen-bond donors (Lipinski definition) is 2. The largest absolute Gasteiger partial charge is 0.508 e. The van der Waals surface area contributed by atoms with Gasteiger partial charge < -0.3 is 14.8 Å². The Morgan fingerprint density at radius 3 is 2.48 bits per heavy atom. The standard InChI is InChI=1S/C22H28BNO5/c1-4-9-24-21(26)17-10-15(12(2)3)20-16(19(17)22(24)27)11-18(29-23(20)28)13-5-7-14(25)8-6-13/h5-8,12,16-19,25,28H,4,9-11H2,1-3H3/t16-,17-,18-,19+/m0/s1. The number of rotatable bonds is 4. The first kappa shape index (κ1) is 20.2. The van der Waals surface area contributed by atoms with Crippen LogP contribution < -0.4 is 0 Å². The molecule has 1 aromatic carbocycles. The van der Waals surface area contributed by atoms with Crippen LogP contribution in [0.2, 0.25) is 0 Å². The SMILES string of the molecule is CCCN1C(=O)[C@H]2[C@H](CC(C(C)C)=C3B(O)O[C@H](c4ccc(O)cc4)C[C@H]32)C1=O. The predicted molar refractivity (Wildman–Crippen MR) is 108 cm³/mol. The van der Waals surface area contributed by atoms with Gasteiger partial charge in [0.2, 0.25) is 11.8 Å². The summed E-state index contributed by atoms with van der Waals surface area (Å²) < 4.78 is 5.95. The van der Waals surface area contributed by atoms with E-state index < -0.39 is 19.1 Å². The average Bonchev–Trinajstić information content (AvgIpc) is 2.93. The lowest BCUT2D eigenvalue weighted by atomic mass is 9.54. The fraction of sp³-hybridized carbons (Fsp3) is 0.545. The van der Waals surface area contributed by atoms with Gasteiger partial charge in [0.05, 0.1) is 17.9 Å². The highest BCUT2D eigenvalue weighted by Gasteiger charge is 2.57. The van der Waals surface area contributed by atoms with E-state index >= 15 is 0 Å². The lowest BCUT2D eigenvalue weighted by Crippen LogP contribution is -2.45.